The second-order valence-corrected chi connectivity index (χ2v) is 6.84. The van der Waals surface area contributed by atoms with Gasteiger partial charge in [0.25, 0.3) is 0 Å². The molecule has 1 aromatic carbocycles. The lowest BCUT2D eigenvalue weighted by Gasteiger charge is -2.08. The number of unbranched alkanes of at least 4 members (excludes halogenated alkanes) is 7. The Morgan fingerprint density at radius 2 is 1.65 bits per heavy atom. The van der Waals surface area contributed by atoms with Gasteiger partial charge in [0.15, 0.2) is 0 Å². The molecule has 0 heterocycles. The minimum Gasteiger partial charge on any atom is -0.0795 e. The first-order valence-electron chi connectivity index (χ1n) is 8.29. The van der Waals surface area contributed by atoms with E-state index >= 15 is 0 Å². The van der Waals surface area contributed by atoms with Gasteiger partial charge in [-0.15, -0.1) is 0 Å². The highest BCUT2D eigenvalue weighted by Crippen LogP contribution is 2.29. The number of aryl methyl sites for hydroxylation is 1. The average Bonchev–Trinajstić information content (AvgIpc) is 2.91. The van der Waals surface area contributed by atoms with Crippen LogP contribution in [0.3, 0.4) is 0 Å². The Labute approximate surface area is 132 Å². The van der Waals surface area contributed by atoms with Gasteiger partial charge < -0.3 is 0 Å². The molecule has 0 N–H and O–H groups in total. The summed E-state index contributed by atoms with van der Waals surface area (Å²) >= 11 is 3.70. The van der Waals surface area contributed by atoms with E-state index in [1.54, 1.807) is 0 Å². The molecular weight excluding hydrogens is 308 g/mol. The van der Waals surface area contributed by atoms with Crippen LogP contribution < -0.4 is 0 Å². The van der Waals surface area contributed by atoms with Gasteiger partial charge in [-0.1, -0.05) is 86.0 Å². The molecule has 20 heavy (non-hydrogen) atoms. The molecule has 0 saturated carbocycles. The molecule has 0 aromatic heterocycles. The van der Waals surface area contributed by atoms with E-state index in [4.69, 9.17) is 0 Å². The summed E-state index contributed by atoms with van der Waals surface area (Å²) < 4.78 is 1.28. The third-order valence-electron chi connectivity index (χ3n) is 4.22. The van der Waals surface area contributed by atoms with Gasteiger partial charge in [-0.3, -0.25) is 0 Å². The number of halogens is 1. The smallest absolute Gasteiger partial charge is 0.0253 e. The molecule has 0 atom stereocenters. The minimum absolute atomic E-state index is 1.11. The summed E-state index contributed by atoms with van der Waals surface area (Å²) in [6.07, 6.45) is 18.0. The zero-order chi connectivity index (χ0) is 14.2. The number of rotatable bonds is 9. The Morgan fingerprint density at radius 1 is 0.950 bits per heavy atom. The van der Waals surface area contributed by atoms with Crippen molar-refractivity contribution in [1.82, 2.24) is 0 Å². The molecule has 1 aliphatic rings. The monoisotopic (exact) mass is 334 g/mol. The number of hydrogen-bond acceptors (Lipinski definition) is 0. The Bertz CT molecular complexity index is 445. The first-order valence-corrected chi connectivity index (χ1v) is 9.08. The number of benzene rings is 1. The fraction of sp³-hybridized carbons (Fsp3) is 0.579. The minimum atomic E-state index is 1.11. The van der Waals surface area contributed by atoms with Gasteiger partial charge >= 0.3 is 0 Å². The third kappa shape index (κ3) is 4.77. The molecule has 1 heteroatoms. The summed E-state index contributed by atoms with van der Waals surface area (Å²) in [6.45, 7) is 2.28. The van der Waals surface area contributed by atoms with E-state index in [1.165, 1.54) is 79.0 Å². The summed E-state index contributed by atoms with van der Waals surface area (Å²) in [7, 11) is 0. The molecule has 0 radical (unpaired) electrons. The molecule has 0 fully saturated rings. The van der Waals surface area contributed by atoms with E-state index < -0.39 is 0 Å². The highest BCUT2D eigenvalue weighted by atomic mass is 79.9. The van der Waals surface area contributed by atoms with Crippen molar-refractivity contribution in [2.75, 3.05) is 0 Å². The van der Waals surface area contributed by atoms with E-state index in [0.717, 1.165) is 6.42 Å². The van der Waals surface area contributed by atoms with Crippen LogP contribution in [0.15, 0.2) is 22.7 Å². The highest BCUT2D eigenvalue weighted by molar-refractivity contribution is 9.10. The first-order chi connectivity index (χ1) is 9.81. The summed E-state index contributed by atoms with van der Waals surface area (Å²) in [5, 5.41) is 0. The van der Waals surface area contributed by atoms with Crippen molar-refractivity contribution in [2.45, 2.75) is 71.1 Å². The Balaban J connectivity index is 1.64. The van der Waals surface area contributed by atoms with Crippen LogP contribution >= 0.6 is 15.9 Å². The lowest BCUT2D eigenvalue weighted by atomic mass is 10.0. The van der Waals surface area contributed by atoms with Gasteiger partial charge in [0.05, 0.1) is 0 Å². The SMILES string of the molecule is CCCCCCCCCCc1cc(Br)c2c(c1)CC=C2. The molecular formula is C19H27Br. The maximum Gasteiger partial charge on any atom is 0.0253 e. The van der Waals surface area contributed by atoms with E-state index in [0.29, 0.717) is 0 Å². The fourth-order valence-corrected chi connectivity index (χ4v) is 3.68. The van der Waals surface area contributed by atoms with Crippen LogP contribution in [0.25, 0.3) is 6.08 Å². The third-order valence-corrected chi connectivity index (χ3v) is 4.87. The van der Waals surface area contributed by atoms with E-state index in [2.05, 4.69) is 47.1 Å². The number of hydrogen-bond donors (Lipinski definition) is 0. The number of allylic oxidation sites excluding steroid dienone is 1. The molecule has 0 nitrogen and oxygen atoms in total. The van der Waals surface area contributed by atoms with Crippen molar-refractivity contribution in [3.05, 3.63) is 39.4 Å². The zero-order valence-corrected chi connectivity index (χ0v) is 14.3. The summed E-state index contributed by atoms with van der Waals surface area (Å²) in [4.78, 5) is 0. The molecule has 0 amide bonds. The first kappa shape index (κ1) is 15.8. The summed E-state index contributed by atoms with van der Waals surface area (Å²) in [5.74, 6) is 0. The van der Waals surface area contributed by atoms with Gasteiger partial charge in [-0.2, -0.15) is 0 Å². The van der Waals surface area contributed by atoms with E-state index in [9.17, 15) is 0 Å². The zero-order valence-electron chi connectivity index (χ0n) is 12.8. The van der Waals surface area contributed by atoms with Gasteiger partial charge in [-0.05, 0) is 42.0 Å². The van der Waals surface area contributed by atoms with E-state index in [-0.39, 0.29) is 0 Å². The molecule has 0 unspecified atom stereocenters. The Kier molecular flexibility index (Phi) is 6.86. The second kappa shape index (κ2) is 8.67. The molecule has 0 bridgehead atoms. The molecule has 1 aliphatic carbocycles. The van der Waals surface area contributed by atoms with Crippen LogP contribution in [-0.2, 0) is 12.8 Å². The predicted octanol–water partition coefficient (Wildman–Crippen LogP) is 6.70. The highest BCUT2D eigenvalue weighted by Gasteiger charge is 2.10. The normalized spacial score (nSPS) is 12.9. The van der Waals surface area contributed by atoms with Gasteiger partial charge in [-0.25, -0.2) is 0 Å². The molecule has 1 aromatic rings. The largest absolute Gasteiger partial charge is 0.0795 e. The van der Waals surface area contributed by atoms with Crippen molar-refractivity contribution in [3.8, 4) is 0 Å². The van der Waals surface area contributed by atoms with Crippen molar-refractivity contribution < 1.29 is 0 Å². The molecule has 110 valence electrons. The predicted molar refractivity (Wildman–Crippen MR) is 93.2 cm³/mol. The van der Waals surface area contributed by atoms with Crippen molar-refractivity contribution in [1.29, 1.82) is 0 Å². The molecule has 0 spiro atoms. The molecule has 0 aliphatic heterocycles. The second-order valence-electron chi connectivity index (χ2n) is 5.98. The topological polar surface area (TPSA) is 0 Å². The molecule has 2 rings (SSSR count). The average molecular weight is 335 g/mol. The van der Waals surface area contributed by atoms with Crippen molar-refractivity contribution >= 4 is 22.0 Å². The number of fused-ring (bicyclic) bond motifs is 1. The van der Waals surface area contributed by atoms with Gasteiger partial charge in [0, 0.05) is 4.47 Å². The fourth-order valence-electron chi connectivity index (χ4n) is 3.00. The van der Waals surface area contributed by atoms with Gasteiger partial charge in [0.1, 0.15) is 0 Å². The van der Waals surface area contributed by atoms with Gasteiger partial charge in [0.2, 0.25) is 0 Å². The van der Waals surface area contributed by atoms with Crippen LogP contribution in [0.5, 0.6) is 0 Å². The van der Waals surface area contributed by atoms with Crippen LogP contribution in [-0.4, -0.2) is 0 Å². The maximum absolute atomic E-state index is 3.70. The lowest BCUT2D eigenvalue weighted by molar-refractivity contribution is 0.575. The lowest BCUT2D eigenvalue weighted by Crippen LogP contribution is -1.91. The van der Waals surface area contributed by atoms with E-state index in [1.807, 2.05) is 0 Å². The Hall–Kier alpha value is -0.560. The van der Waals surface area contributed by atoms with Crippen LogP contribution in [0.2, 0.25) is 0 Å². The van der Waals surface area contributed by atoms with Crippen LogP contribution in [0.4, 0.5) is 0 Å². The Morgan fingerprint density at radius 3 is 2.40 bits per heavy atom. The van der Waals surface area contributed by atoms with Crippen LogP contribution in [0.1, 0.15) is 75.0 Å². The summed E-state index contributed by atoms with van der Waals surface area (Å²) in [5.41, 5.74) is 4.39. The standard InChI is InChI=1S/C19H27Br/c1-2-3-4-5-6-7-8-9-11-16-14-17-12-10-13-18(17)19(20)15-16/h10,13-15H,2-9,11-12H2,1H3. The van der Waals surface area contributed by atoms with Crippen LogP contribution in [0, 0.1) is 0 Å². The molecule has 0 saturated heterocycles. The van der Waals surface area contributed by atoms with Crippen molar-refractivity contribution in [2.24, 2.45) is 0 Å². The summed E-state index contributed by atoms with van der Waals surface area (Å²) in [6, 6.07) is 4.72. The quantitative estimate of drug-likeness (QED) is 0.440. The van der Waals surface area contributed by atoms with Crippen molar-refractivity contribution in [3.63, 3.8) is 0 Å². The maximum atomic E-state index is 3.70.